The number of nitrogens with one attached hydrogen (secondary N) is 1. The van der Waals surface area contributed by atoms with E-state index in [0.29, 0.717) is 17.8 Å². The molecule has 3 rings (SSSR count). The van der Waals surface area contributed by atoms with Crippen LogP contribution in [0.5, 0.6) is 0 Å². The van der Waals surface area contributed by atoms with Gasteiger partial charge in [-0.1, -0.05) is 12.1 Å². The number of fused-ring (bicyclic) bond motifs is 3. The highest BCUT2D eigenvalue weighted by Gasteiger charge is 2.19. The lowest BCUT2D eigenvalue weighted by molar-refractivity contribution is 0.0929. The molecule has 2 heterocycles. The van der Waals surface area contributed by atoms with Crippen LogP contribution in [-0.2, 0) is 6.54 Å². The third-order valence-corrected chi connectivity index (χ3v) is 2.92. The second-order valence-corrected chi connectivity index (χ2v) is 3.87. The minimum absolute atomic E-state index is 0.0462. The first-order chi connectivity index (χ1) is 7.79. The van der Waals surface area contributed by atoms with Crippen LogP contribution in [0.25, 0.3) is 10.9 Å². The average Bonchev–Trinajstić information content (AvgIpc) is 2.68. The van der Waals surface area contributed by atoms with Crippen molar-refractivity contribution < 1.29 is 9.59 Å². The van der Waals surface area contributed by atoms with Gasteiger partial charge < -0.3 is 9.88 Å². The highest BCUT2D eigenvalue weighted by atomic mass is 16.2. The van der Waals surface area contributed by atoms with Crippen LogP contribution in [0.1, 0.15) is 20.8 Å². The van der Waals surface area contributed by atoms with Crippen molar-refractivity contribution >= 4 is 23.1 Å². The molecule has 0 saturated carbocycles. The van der Waals surface area contributed by atoms with E-state index in [4.69, 9.17) is 0 Å². The Balaban J connectivity index is 2.32. The summed E-state index contributed by atoms with van der Waals surface area (Å²) in [5.41, 5.74) is 2.26. The molecule has 0 radical (unpaired) electrons. The number of aromatic nitrogens is 1. The van der Waals surface area contributed by atoms with E-state index in [1.54, 1.807) is 6.07 Å². The number of carbonyl (C=O) groups excluding carboxylic acids is 2. The van der Waals surface area contributed by atoms with Crippen LogP contribution >= 0.6 is 0 Å². The molecule has 1 aliphatic rings. The lowest BCUT2D eigenvalue weighted by atomic mass is 10.2. The Labute approximate surface area is 91.9 Å². The first-order valence-electron chi connectivity index (χ1n) is 5.16. The Morgan fingerprint density at radius 1 is 1.31 bits per heavy atom. The third-order valence-electron chi connectivity index (χ3n) is 2.92. The molecule has 1 aliphatic heterocycles. The van der Waals surface area contributed by atoms with Crippen molar-refractivity contribution in [2.75, 3.05) is 6.54 Å². The zero-order valence-corrected chi connectivity index (χ0v) is 8.56. The Morgan fingerprint density at radius 2 is 2.19 bits per heavy atom. The summed E-state index contributed by atoms with van der Waals surface area (Å²) >= 11 is 0. The number of benzene rings is 1. The summed E-state index contributed by atoms with van der Waals surface area (Å²) in [5, 5.41) is 3.80. The van der Waals surface area contributed by atoms with Gasteiger partial charge in [-0.2, -0.15) is 0 Å². The molecular weight excluding hydrogens is 204 g/mol. The quantitative estimate of drug-likeness (QED) is 0.725. The van der Waals surface area contributed by atoms with E-state index in [0.717, 1.165) is 23.7 Å². The van der Waals surface area contributed by atoms with Crippen LogP contribution in [0.2, 0.25) is 0 Å². The van der Waals surface area contributed by atoms with Crippen LogP contribution in [-0.4, -0.2) is 23.3 Å². The molecule has 0 unspecified atom stereocenters. The van der Waals surface area contributed by atoms with E-state index in [1.807, 2.05) is 22.8 Å². The smallest absolute Gasteiger partial charge is 0.268 e. The van der Waals surface area contributed by atoms with E-state index in [1.165, 1.54) is 0 Å². The van der Waals surface area contributed by atoms with Crippen molar-refractivity contribution in [3.8, 4) is 0 Å². The molecule has 0 saturated heterocycles. The van der Waals surface area contributed by atoms with Crippen LogP contribution in [0.3, 0.4) is 0 Å². The fourth-order valence-electron chi connectivity index (χ4n) is 2.15. The van der Waals surface area contributed by atoms with Gasteiger partial charge in [0.1, 0.15) is 12.0 Å². The number of amides is 1. The zero-order valence-electron chi connectivity index (χ0n) is 8.56. The van der Waals surface area contributed by atoms with Gasteiger partial charge in [0.2, 0.25) is 0 Å². The molecule has 1 N–H and O–H groups in total. The number of carbonyl (C=O) groups is 2. The molecule has 1 aromatic carbocycles. The Morgan fingerprint density at radius 3 is 3.00 bits per heavy atom. The maximum atomic E-state index is 11.6. The van der Waals surface area contributed by atoms with Crippen LogP contribution in [0.4, 0.5) is 0 Å². The standard InChI is InChI=1S/C12H10N2O2/c15-7-8-1-2-9-6-11-12(16)13-3-4-14(11)10(9)5-8/h1-2,5-7H,3-4H2,(H,13,16). The minimum atomic E-state index is -0.0462. The zero-order chi connectivity index (χ0) is 11.1. The summed E-state index contributed by atoms with van der Waals surface area (Å²) in [6.07, 6.45) is 0.822. The summed E-state index contributed by atoms with van der Waals surface area (Å²) in [5.74, 6) is -0.0462. The molecule has 2 aromatic rings. The number of hydrogen-bond acceptors (Lipinski definition) is 2. The highest BCUT2D eigenvalue weighted by molar-refractivity contribution is 6.00. The molecule has 1 aromatic heterocycles. The predicted octanol–water partition coefficient (Wildman–Crippen LogP) is 1.20. The predicted molar refractivity (Wildman–Crippen MR) is 59.7 cm³/mol. The summed E-state index contributed by atoms with van der Waals surface area (Å²) in [4.78, 5) is 22.3. The van der Waals surface area contributed by atoms with Crippen LogP contribution in [0, 0.1) is 0 Å². The van der Waals surface area contributed by atoms with E-state index >= 15 is 0 Å². The third kappa shape index (κ3) is 1.16. The van der Waals surface area contributed by atoms with Crippen LogP contribution < -0.4 is 5.32 Å². The second kappa shape index (κ2) is 3.20. The highest BCUT2D eigenvalue weighted by Crippen LogP contribution is 2.22. The molecule has 0 bridgehead atoms. The SMILES string of the molecule is O=Cc1ccc2cc3n(c2c1)CCNC3=O. The van der Waals surface area contributed by atoms with Crippen LogP contribution in [0.15, 0.2) is 24.3 Å². The van der Waals surface area contributed by atoms with Crippen molar-refractivity contribution in [2.24, 2.45) is 0 Å². The maximum Gasteiger partial charge on any atom is 0.268 e. The molecular formula is C12H10N2O2. The molecule has 0 spiro atoms. The topological polar surface area (TPSA) is 51.1 Å². The van der Waals surface area contributed by atoms with Crippen molar-refractivity contribution in [3.05, 3.63) is 35.5 Å². The number of hydrogen-bond donors (Lipinski definition) is 1. The van der Waals surface area contributed by atoms with Gasteiger partial charge in [0.05, 0.1) is 0 Å². The minimum Gasteiger partial charge on any atom is -0.349 e. The van der Waals surface area contributed by atoms with Crippen molar-refractivity contribution in [2.45, 2.75) is 6.54 Å². The Bertz CT molecular complexity index is 598. The summed E-state index contributed by atoms with van der Waals surface area (Å²) in [6, 6.07) is 7.32. The first kappa shape index (κ1) is 9.15. The fraction of sp³-hybridized carbons (Fsp3) is 0.167. The van der Waals surface area contributed by atoms with Gasteiger partial charge in [-0.15, -0.1) is 0 Å². The van der Waals surface area contributed by atoms with Gasteiger partial charge in [-0.05, 0) is 12.1 Å². The molecule has 1 amide bonds. The maximum absolute atomic E-state index is 11.6. The molecule has 4 heteroatoms. The summed E-state index contributed by atoms with van der Waals surface area (Å²) in [6.45, 7) is 1.40. The molecule has 0 aliphatic carbocycles. The molecule has 4 nitrogen and oxygen atoms in total. The summed E-state index contributed by atoms with van der Waals surface area (Å²) < 4.78 is 1.96. The van der Waals surface area contributed by atoms with Crippen molar-refractivity contribution in [1.82, 2.24) is 9.88 Å². The van der Waals surface area contributed by atoms with Gasteiger partial charge in [0.15, 0.2) is 0 Å². The number of aldehydes is 1. The van der Waals surface area contributed by atoms with Gasteiger partial charge in [0, 0.05) is 29.6 Å². The molecule has 80 valence electrons. The lowest BCUT2D eigenvalue weighted by Crippen LogP contribution is -2.34. The molecule has 0 atom stereocenters. The largest absolute Gasteiger partial charge is 0.349 e. The second-order valence-electron chi connectivity index (χ2n) is 3.87. The normalized spacial score (nSPS) is 14.6. The molecule has 16 heavy (non-hydrogen) atoms. The van der Waals surface area contributed by atoms with Crippen molar-refractivity contribution in [1.29, 1.82) is 0 Å². The Hall–Kier alpha value is -2.10. The van der Waals surface area contributed by atoms with Gasteiger partial charge in [-0.25, -0.2) is 0 Å². The molecule has 0 fully saturated rings. The fourth-order valence-corrected chi connectivity index (χ4v) is 2.15. The number of rotatable bonds is 1. The average molecular weight is 214 g/mol. The number of nitrogens with zero attached hydrogens (tertiary/aromatic N) is 1. The van der Waals surface area contributed by atoms with E-state index < -0.39 is 0 Å². The van der Waals surface area contributed by atoms with Gasteiger partial charge >= 0.3 is 0 Å². The first-order valence-corrected chi connectivity index (χ1v) is 5.16. The Kier molecular flexibility index (Phi) is 1.83. The van der Waals surface area contributed by atoms with E-state index in [2.05, 4.69) is 5.32 Å². The monoisotopic (exact) mass is 214 g/mol. The van der Waals surface area contributed by atoms with Gasteiger partial charge in [0.25, 0.3) is 5.91 Å². The van der Waals surface area contributed by atoms with Gasteiger partial charge in [-0.3, -0.25) is 9.59 Å². The lowest BCUT2D eigenvalue weighted by Gasteiger charge is -2.16. The van der Waals surface area contributed by atoms with E-state index in [9.17, 15) is 9.59 Å². The summed E-state index contributed by atoms with van der Waals surface area (Å²) in [7, 11) is 0. The van der Waals surface area contributed by atoms with Crippen molar-refractivity contribution in [3.63, 3.8) is 0 Å². The van der Waals surface area contributed by atoms with E-state index in [-0.39, 0.29) is 5.91 Å².